The van der Waals surface area contributed by atoms with E-state index in [2.05, 4.69) is 0 Å². The van der Waals surface area contributed by atoms with Crippen LogP contribution in [0.4, 0.5) is 0 Å². The van der Waals surface area contributed by atoms with Crippen LogP contribution in [0, 0.1) is 5.92 Å². The minimum atomic E-state index is -0.994. The molecule has 1 unspecified atom stereocenters. The molecule has 0 aromatic heterocycles. The summed E-state index contributed by atoms with van der Waals surface area (Å²) in [7, 11) is 0. The number of hydrogen-bond donors (Lipinski definition) is 0. The predicted molar refractivity (Wildman–Crippen MR) is 103 cm³/mol. The maximum atomic E-state index is 12.8. The Morgan fingerprint density at radius 3 is 1.77 bits per heavy atom. The first-order valence-electron chi connectivity index (χ1n) is 8.26. The molecule has 1 atom stereocenters. The van der Waals surface area contributed by atoms with Gasteiger partial charge in [-0.15, -0.1) is 0 Å². The van der Waals surface area contributed by atoms with Crippen LogP contribution in [-0.4, -0.2) is 41.5 Å². The van der Waals surface area contributed by atoms with Gasteiger partial charge in [0.25, 0.3) is 0 Å². The van der Waals surface area contributed by atoms with E-state index in [0.29, 0.717) is 29.9 Å². The second-order valence-electron chi connectivity index (χ2n) is 6.48. The molecule has 5 heteroatoms. The molecule has 3 rings (SSSR count). The predicted octanol–water partition coefficient (Wildman–Crippen LogP) is 2.27. The van der Waals surface area contributed by atoms with Crippen molar-refractivity contribution in [2.75, 3.05) is 0 Å². The molecule has 0 bridgehead atoms. The van der Waals surface area contributed by atoms with Crippen LogP contribution in [0.25, 0.3) is 0 Å². The molecule has 0 fully saturated rings. The van der Waals surface area contributed by atoms with Crippen molar-refractivity contribution in [3.8, 4) is 0 Å². The van der Waals surface area contributed by atoms with Crippen LogP contribution in [0.5, 0.6) is 0 Å². The van der Waals surface area contributed by atoms with E-state index in [4.69, 9.17) is 0 Å². The molecule has 2 aliphatic heterocycles. The van der Waals surface area contributed by atoms with E-state index in [1.54, 1.807) is 12.2 Å². The van der Waals surface area contributed by atoms with E-state index >= 15 is 0 Å². The topological polar surface area (TPSA) is 57.2 Å². The van der Waals surface area contributed by atoms with Gasteiger partial charge in [-0.25, -0.2) is 0 Å². The van der Waals surface area contributed by atoms with Crippen molar-refractivity contribution >= 4 is 41.5 Å². The Labute approximate surface area is 166 Å². The Balaban J connectivity index is 1.94. The Morgan fingerprint density at radius 2 is 1.27 bits per heavy atom. The number of carbonyl (C=O) groups excluding carboxylic acids is 2. The first-order valence-corrected chi connectivity index (χ1v) is 11.7. The third kappa shape index (κ3) is 4.02. The van der Waals surface area contributed by atoms with Crippen molar-refractivity contribution in [1.29, 1.82) is 0 Å². The molecule has 0 saturated heterocycles. The Kier molecular flexibility index (Phi) is 5.55. The fourth-order valence-corrected chi connectivity index (χ4v) is 6.91. The zero-order valence-corrected chi connectivity index (χ0v) is 18.5. The van der Waals surface area contributed by atoms with Crippen LogP contribution in [0.1, 0.15) is 27.7 Å². The van der Waals surface area contributed by atoms with Crippen LogP contribution in [0.15, 0.2) is 76.8 Å². The van der Waals surface area contributed by atoms with Crippen LogP contribution in [-0.2, 0) is 9.59 Å². The van der Waals surface area contributed by atoms with Gasteiger partial charge in [0, 0.05) is 0 Å². The van der Waals surface area contributed by atoms with Crippen molar-refractivity contribution in [3.05, 3.63) is 76.8 Å². The van der Waals surface area contributed by atoms with Crippen LogP contribution < -0.4 is 5.11 Å². The maximum absolute atomic E-state index is 12.8. The molecule has 0 N–H and O–H groups in total. The monoisotopic (exact) mass is 479 g/mol. The second-order valence-corrected chi connectivity index (χ2v) is 12.7. The van der Waals surface area contributed by atoms with E-state index < -0.39 is 17.5 Å². The second kappa shape index (κ2) is 7.54. The zero-order chi connectivity index (χ0) is 19.0. The third-order valence-corrected chi connectivity index (χ3v) is 7.78. The summed E-state index contributed by atoms with van der Waals surface area (Å²) in [6.45, 7) is 8.17. The summed E-state index contributed by atoms with van der Waals surface area (Å²) in [5.74, 6) is -2.67. The molecule has 0 aromatic carbocycles. The zero-order valence-electron chi connectivity index (χ0n) is 15.1. The van der Waals surface area contributed by atoms with Crippen molar-refractivity contribution in [1.82, 2.24) is 0 Å². The first kappa shape index (κ1) is 19.1. The minimum absolute atomic E-state index is 0.00998. The summed E-state index contributed by atoms with van der Waals surface area (Å²) in [5.41, 5.74) is 1.67. The van der Waals surface area contributed by atoms with Gasteiger partial charge in [-0.05, 0) is 0 Å². The quantitative estimate of drug-likeness (QED) is 0.453. The molecule has 3 nitrogen and oxygen atoms in total. The van der Waals surface area contributed by atoms with Crippen LogP contribution in [0.3, 0.4) is 0 Å². The SMILES string of the molecule is CC1=CC(=CC2=C([O-])C(=O)C(C=C3C=C(C)[Se]C(C)=C3)C2=O)C=C(C)[Se]1. The molecule has 0 radical (unpaired) electrons. The van der Waals surface area contributed by atoms with E-state index in [1.807, 2.05) is 52.0 Å². The van der Waals surface area contributed by atoms with E-state index in [-0.39, 0.29) is 11.4 Å². The number of Topliss-reactive ketones (excluding diaryl/α,β-unsaturated/α-hetero) is 2. The molecule has 0 aromatic rings. The first-order chi connectivity index (χ1) is 12.2. The Hall–Kier alpha value is -1.64. The molecular formula is C21H19O3Se2-. The summed E-state index contributed by atoms with van der Waals surface area (Å²) in [4.78, 5) is 25.2. The number of hydrogen-bond acceptors (Lipinski definition) is 3. The van der Waals surface area contributed by atoms with Gasteiger partial charge in [0.05, 0.1) is 0 Å². The number of carbonyl (C=O) groups is 2. The average molecular weight is 477 g/mol. The van der Waals surface area contributed by atoms with Crippen molar-refractivity contribution in [2.24, 2.45) is 5.92 Å². The van der Waals surface area contributed by atoms with Crippen molar-refractivity contribution in [3.63, 3.8) is 0 Å². The normalized spacial score (nSPS) is 23.6. The van der Waals surface area contributed by atoms with E-state index in [0.717, 1.165) is 11.1 Å². The number of rotatable bonds is 2. The average Bonchev–Trinajstić information content (AvgIpc) is 2.71. The van der Waals surface area contributed by atoms with E-state index in [1.165, 1.54) is 17.9 Å². The Bertz CT molecular complexity index is 881. The fourth-order valence-electron chi connectivity index (χ4n) is 3.15. The van der Waals surface area contributed by atoms with Gasteiger partial charge >= 0.3 is 167 Å². The van der Waals surface area contributed by atoms with Gasteiger partial charge in [0.2, 0.25) is 0 Å². The summed E-state index contributed by atoms with van der Waals surface area (Å²) in [6.07, 6.45) is 11.2. The summed E-state index contributed by atoms with van der Waals surface area (Å²) >= 11 is 0.654. The molecular weight excluding hydrogens is 458 g/mol. The van der Waals surface area contributed by atoms with Gasteiger partial charge in [0.15, 0.2) is 0 Å². The molecule has 134 valence electrons. The van der Waals surface area contributed by atoms with Crippen LogP contribution >= 0.6 is 0 Å². The van der Waals surface area contributed by atoms with Crippen LogP contribution in [0.2, 0.25) is 0 Å². The molecule has 0 saturated carbocycles. The molecule has 3 aliphatic rings. The molecule has 26 heavy (non-hydrogen) atoms. The van der Waals surface area contributed by atoms with Gasteiger partial charge in [-0.1, -0.05) is 0 Å². The summed E-state index contributed by atoms with van der Waals surface area (Å²) < 4.78 is 4.95. The molecule has 2 heterocycles. The summed E-state index contributed by atoms with van der Waals surface area (Å²) in [5, 5.41) is 12.4. The van der Waals surface area contributed by atoms with Gasteiger partial charge in [0.1, 0.15) is 0 Å². The molecule has 1 aliphatic carbocycles. The van der Waals surface area contributed by atoms with Crippen molar-refractivity contribution in [2.45, 2.75) is 27.7 Å². The van der Waals surface area contributed by atoms with Gasteiger partial charge < -0.3 is 0 Å². The van der Waals surface area contributed by atoms with Gasteiger partial charge in [-0.3, -0.25) is 0 Å². The summed E-state index contributed by atoms with van der Waals surface area (Å²) in [6, 6.07) is 0. The standard InChI is InChI=1S/C21H20O3Se2/c1-11-5-15(6-12(2)25-11)9-17-19(22)18(21(24)20(17)23)10-16-7-13(3)26-14(4)8-16/h5-10,17,24H,1-4H3/p-1. The van der Waals surface area contributed by atoms with E-state index in [9.17, 15) is 14.7 Å². The Morgan fingerprint density at radius 1 is 0.808 bits per heavy atom. The van der Waals surface area contributed by atoms with Crippen molar-refractivity contribution < 1.29 is 14.7 Å². The van der Waals surface area contributed by atoms with Gasteiger partial charge in [-0.2, -0.15) is 0 Å². The number of allylic oxidation sites excluding steroid dienone is 14. The third-order valence-electron chi connectivity index (χ3n) is 4.09. The number of ketones is 2. The molecule has 0 amide bonds. The molecule has 0 spiro atoms. The fraction of sp³-hybridized carbons (Fsp3) is 0.238.